The number of hydrogen-bond acceptors (Lipinski definition) is 3. The molecule has 0 spiro atoms. The van der Waals surface area contributed by atoms with E-state index >= 15 is 0 Å². The van der Waals surface area contributed by atoms with Crippen LogP contribution in [-0.2, 0) is 22.1 Å². The number of nitrogens with zero attached hydrogens (tertiary/aromatic N) is 2. The molecule has 1 saturated carbocycles. The van der Waals surface area contributed by atoms with E-state index in [0.717, 1.165) is 37.8 Å². The molecule has 1 amide bonds. The smallest absolute Gasteiger partial charge is 0.244 e. The highest BCUT2D eigenvalue weighted by molar-refractivity contribution is 14.0. The van der Waals surface area contributed by atoms with Crippen LogP contribution < -0.4 is 10.6 Å². The quantitative estimate of drug-likeness (QED) is 0.282. The summed E-state index contributed by atoms with van der Waals surface area (Å²) in [6, 6.07) is 10.3. The van der Waals surface area contributed by atoms with Crippen molar-refractivity contribution in [2.45, 2.75) is 64.3 Å². The summed E-state index contributed by atoms with van der Waals surface area (Å²) in [6.45, 7) is 8.10. The minimum atomic E-state index is -0.752. The number of carbonyl (C=O) groups excluding carboxylic acids is 1. The highest BCUT2D eigenvalue weighted by Crippen LogP contribution is 2.23. The van der Waals surface area contributed by atoms with E-state index < -0.39 is 10.8 Å². The molecule has 170 valence electrons. The van der Waals surface area contributed by atoms with E-state index in [9.17, 15) is 9.00 Å². The Morgan fingerprint density at radius 2 is 1.93 bits per heavy atom. The number of likely N-dealkylation sites (N-methyl/N-ethyl adjacent to an activating group) is 1. The number of hydrogen-bond donors (Lipinski definition) is 2. The monoisotopic (exact) mass is 548 g/mol. The Kier molecular flexibility index (Phi) is 13.2. The van der Waals surface area contributed by atoms with E-state index in [0.29, 0.717) is 24.8 Å². The zero-order chi connectivity index (χ0) is 21.1. The lowest BCUT2D eigenvalue weighted by atomic mass is 9.95. The standard InChI is InChI=1S/C22H36N4O2S.HI/c1-4-23-22(25-19-13-10-14-20(15-19)29(28)6-3)24-16-21(27)26(5-2)17-18-11-8-7-9-12-18;/h7-9,11-12,19-20H,4-6,10,13-17H2,1-3H3,(H2,23,24,25);1H. The highest BCUT2D eigenvalue weighted by Gasteiger charge is 2.26. The Bertz CT molecular complexity index is 687. The summed E-state index contributed by atoms with van der Waals surface area (Å²) in [5, 5.41) is 6.97. The maximum Gasteiger partial charge on any atom is 0.244 e. The van der Waals surface area contributed by atoms with E-state index in [-0.39, 0.29) is 47.7 Å². The van der Waals surface area contributed by atoms with Crippen LogP contribution in [0.15, 0.2) is 35.3 Å². The van der Waals surface area contributed by atoms with E-state index in [1.54, 1.807) is 0 Å². The summed E-state index contributed by atoms with van der Waals surface area (Å²) in [4.78, 5) is 19.0. The van der Waals surface area contributed by atoms with Gasteiger partial charge >= 0.3 is 0 Å². The molecule has 0 radical (unpaired) electrons. The molecule has 2 N–H and O–H groups in total. The van der Waals surface area contributed by atoms with Crippen LogP contribution in [0.1, 0.15) is 52.0 Å². The molecule has 1 aromatic rings. The van der Waals surface area contributed by atoms with Gasteiger partial charge in [-0.15, -0.1) is 24.0 Å². The molecule has 0 bridgehead atoms. The van der Waals surface area contributed by atoms with Gasteiger partial charge in [-0.1, -0.05) is 43.7 Å². The summed E-state index contributed by atoms with van der Waals surface area (Å²) in [5.41, 5.74) is 1.12. The molecule has 3 unspecified atom stereocenters. The number of aliphatic imine (C=N–C) groups is 1. The van der Waals surface area contributed by atoms with Crippen LogP contribution >= 0.6 is 24.0 Å². The normalized spacial score (nSPS) is 20.0. The summed E-state index contributed by atoms with van der Waals surface area (Å²) in [7, 11) is -0.752. The Morgan fingerprint density at radius 3 is 2.57 bits per heavy atom. The first-order valence-corrected chi connectivity index (χ1v) is 12.2. The molecule has 3 atom stereocenters. The molecule has 8 heteroatoms. The number of guanidine groups is 1. The SMILES string of the molecule is CCNC(=NCC(=O)N(CC)Cc1ccccc1)NC1CCCC(S(=O)CC)C1.I. The predicted octanol–water partition coefficient (Wildman–Crippen LogP) is 3.29. The fourth-order valence-corrected chi connectivity index (χ4v) is 5.04. The molecular formula is C22H37IN4O2S. The number of halogens is 1. The zero-order valence-corrected chi connectivity index (χ0v) is 21.6. The van der Waals surface area contributed by atoms with Gasteiger partial charge in [0.25, 0.3) is 0 Å². The third-order valence-corrected chi connectivity index (χ3v) is 7.03. The van der Waals surface area contributed by atoms with Crippen molar-refractivity contribution in [2.24, 2.45) is 4.99 Å². The molecular weight excluding hydrogens is 511 g/mol. The van der Waals surface area contributed by atoms with Gasteiger partial charge in [0.1, 0.15) is 6.54 Å². The van der Waals surface area contributed by atoms with Gasteiger partial charge in [-0.3, -0.25) is 9.00 Å². The van der Waals surface area contributed by atoms with E-state index in [4.69, 9.17) is 0 Å². The van der Waals surface area contributed by atoms with Crippen molar-refractivity contribution in [3.05, 3.63) is 35.9 Å². The van der Waals surface area contributed by atoms with Gasteiger partial charge in [-0.25, -0.2) is 4.99 Å². The Morgan fingerprint density at radius 1 is 1.20 bits per heavy atom. The van der Waals surface area contributed by atoms with Gasteiger partial charge in [-0.05, 0) is 38.7 Å². The fourth-order valence-electron chi connectivity index (χ4n) is 3.69. The lowest BCUT2D eigenvalue weighted by Gasteiger charge is -2.30. The number of nitrogens with one attached hydrogen (secondary N) is 2. The van der Waals surface area contributed by atoms with Crippen LogP contribution in [0.5, 0.6) is 0 Å². The van der Waals surface area contributed by atoms with Crippen molar-refractivity contribution in [1.82, 2.24) is 15.5 Å². The second-order valence-electron chi connectivity index (χ2n) is 7.39. The number of amides is 1. The van der Waals surface area contributed by atoms with Crippen LogP contribution in [0.4, 0.5) is 0 Å². The van der Waals surface area contributed by atoms with Crippen molar-refractivity contribution in [1.29, 1.82) is 0 Å². The van der Waals surface area contributed by atoms with Gasteiger partial charge in [0.15, 0.2) is 5.96 Å². The molecule has 1 aliphatic rings. The number of benzene rings is 1. The van der Waals surface area contributed by atoms with Crippen molar-refractivity contribution in [3.63, 3.8) is 0 Å². The van der Waals surface area contributed by atoms with Crippen LogP contribution in [0.3, 0.4) is 0 Å². The minimum absolute atomic E-state index is 0. The topological polar surface area (TPSA) is 73.8 Å². The Balaban J connectivity index is 0.00000450. The van der Waals surface area contributed by atoms with E-state index in [2.05, 4.69) is 15.6 Å². The van der Waals surface area contributed by atoms with E-state index in [1.165, 1.54) is 0 Å². The molecule has 30 heavy (non-hydrogen) atoms. The molecule has 1 aliphatic carbocycles. The van der Waals surface area contributed by atoms with Gasteiger partial charge < -0.3 is 15.5 Å². The lowest BCUT2D eigenvalue weighted by Crippen LogP contribution is -2.47. The maximum absolute atomic E-state index is 12.7. The lowest BCUT2D eigenvalue weighted by molar-refractivity contribution is -0.130. The summed E-state index contributed by atoms with van der Waals surface area (Å²) in [5.74, 6) is 1.40. The van der Waals surface area contributed by atoms with Crippen LogP contribution in [0.25, 0.3) is 0 Å². The molecule has 0 saturated heterocycles. The predicted molar refractivity (Wildman–Crippen MR) is 137 cm³/mol. The zero-order valence-electron chi connectivity index (χ0n) is 18.4. The second kappa shape index (κ2) is 14.8. The summed E-state index contributed by atoms with van der Waals surface area (Å²) in [6.07, 6.45) is 4.06. The van der Waals surface area contributed by atoms with Crippen LogP contribution in [0.2, 0.25) is 0 Å². The van der Waals surface area contributed by atoms with Gasteiger partial charge in [-0.2, -0.15) is 0 Å². The average molecular weight is 549 g/mol. The summed E-state index contributed by atoms with van der Waals surface area (Å²) < 4.78 is 12.2. The van der Waals surface area contributed by atoms with Crippen LogP contribution in [-0.4, -0.2) is 57.7 Å². The molecule has 0 heterocycles. The van der Waals surface area contributed by atoms with Gasteiger partial charge in [0.2, 0.25) is 5.91 Å². The molecule has 0 aliphatic heterocycles. The third-order valence-electron chi connectivity index (χ3n) is 5.29. The number of rotatable bonds is 9. The Labute approximate surface area is 201 Å². The Hall–Kier alpha value is -1.16. The second-order valence-corrected chi connectivity index (χ2v) is 9.39. The first kappa shape index (κ1) is 26.9. The van der Waals surface area contributed by atoms with E-state index in [1.807, 2.05) is 56.0 Å². The molecule has 2 rings (SSSR count). The van der Waals surface area contributed by atoms with Crippen molar-refractivity contribution >= 4 is 46.6 Å². The van der Waals surface area contributed by atoms with Gasteiger partial charge in [0, 0.05) is 47.5 Å². The van der Waals surface area contributed by atoms with Crippen molar-refractivity contribution in [2.75, 3.05) is 25.4 Å². The summed E-state index contributed by atoms with van der Waals surface area (Å²) >= 11 is 0. The molecule has 1 aromatic carbocycles. The third kappa shape index (κ3) is 8.91. The fraction of sp³-hybridized carbons (Fsp3) is 0.636. The van der Waals surface area contributed by atoms with Crippen molar-refractivity contribution in [3.8, 4) is 0 Å². The average Bonchev–Trinajstić information content (AvgIpc) is 2.76. The maximum atomic E-state index is 12.7. The number of carbonyl (C=O) groups is 1. The first-order valence-electron chi connectivity index (χ1n) is 10.8. The molecule has 0 aromatic heterocycles. The van der Waals surface area contributed by atoms with Gasteiger partial charge in [0.05, 0.1) is 0 Å². The molecule has 1 fully saturated rings. The highest BCUT2D eigenvalue weighted by atomic mass is 127. The van der Waals surface area contributed by atoms with Crippen LogP contribution in [0, 0.1) is 0 Å². The largest absolute Gasteiger partial charge is 0.357 e. The first-order chi connectivity index (χ1) is 14.1. The minimum Gasteiger partial charge on any atom is -0.357 e. The van der Waals surface area contributed by atoms with Crippen molar-refractivity contribution < 1.29 is 9.00 Å². The molecule has 6 nitrogen and oxygen atoms in total.